The molecule has 0 heterocycles. The predicted molar refractivity (Wildman–Crippen MR) is 83.2 cm³/mol. The van der Waals surface area contributed by atoms with Gasteiger partial charge in [0.25, 0.3) is 0 Å². The molecule has 18 heavy (non-hydrogen) atoms. The normalized spacial score (nSPS) is 15.0. The number of unbranched alkanes of at least 4 members (excludes halogenated alkanes) is 2. The zero-order valence-corrected chi connectivity index (χ0v) is 13.5. The minimum Gasteiger partial charge on any atom is -0.313 e. The molecule has 0 aromatic heterocycles. The summed E-state index contributed by atoms with van der Waals surface area (Å²) in [5, 5.41) is 3.67. The van der Waals surface area contributed by atoms with Crippen LogP contribution >= 0.6 is 0 Å². The molecule has 0 aliphatic heterocycles. The van der Waals surface area contributed by atoms with E-state index < -0.39 is 0 Å². The molecule has 0 radical (unpaired) electrons. The first-order valence-electron chi connectivity index (χ1n) is 8.15. The lowest BCUT2D eigenvalue weighted by Gasteiger charge is -2.31. The van der Waals surface area contributed by atoms with Crippen LogP contribution in [0.25, 0.3) is 0 Å². The minimum atomic E-state index is 0.661. The fourth-order valence-electron chi connectivity index (χ4n) is 2.33. The predicted octanol–water partition coefficient (Wildman–Crippen LogP) is 3.91. The van der Waals surface area contributed by atoms with Crippen LogP contribution in [0.2, 0.25) is 0 Å². The summed E-state index contributed by atoms with van der Waals surface area (Å²) in [6.07, 6.45) is 6.55. The van der Waals surface area contributed by atoms with Gasteiger partial charge in [0.15, 0.2) is 0 Å². The Labute approximate surface area is 116 Å². The van der Waals surface area contributed by atoms with E-state index in [0.29, 0.717) is 6.04 Å². The van der Waals surface area contributed by atoms with Gasteiger partial charge in [-0.2, -0.15) is 0 Å². The lowest BCUT2D eigenvalue weighted by Crippen LogP contribution is -2.45. The average Bonchev–Trinajstić information content (AvgIpc) is 2.39. The van der Waals surface area contributed by atoms with Crippen molar-refractivity contribution in [1.82, 2.24) is 10.2 Å². The van der Waals surface area contributed by atoms with E-state index in [1.807, 2.05) is 0 Å². The maximum atomic E-state index is 3.67. The average molecular weight is 256 g/mol. The second kappa shape index (κ2) is 12.0. The van der Waals surface area contributed by atoms with Crippen LogP contribution in [0, 0.1) is 5.92 Å². The standard InChI is InChI=1S/C16H36N2/c1-6-10-12-18(13-11-7-2)14-16(17-9-4)15(5)8-3/h15-17H,6-14H2,1-5H3. The summed E-state index contributed by atoms with van der Waals surface area (Å²) in [6.45, 7) is 16.3. The molecule has 0 saturated carbocycles. The molecule has 0 fully saturated rings. The van der Waals surface area contributed by atoms with Gasteiger partial charge in [-0.05, 0) is 38.4 Å². The van der Waals surface area contributed by atoms with Gasteiger partial charge in [-0.25, -0.2) is 0 Å². The van der Waals surface area contributed by atoms with Gasteiger partial charge in [0.05, 0.1) is 0 Å². The van der Waals surface area contributed by atoms with Crippen molar-refractivity contribution in [1.29, 1.82) is 0 Å². The van der Waals surface area contributed by atoms with Gasteiger partial charge in [-0.15, -0.1) is 0 Å². The fourth-order valence-corrected chi connectivity index (χ4v) is 2.33. The van der Waals surface area contributed by atoms with E-state index in [0.717, 1.165) is 12.5 Å². The molecule has 110 valence electrons. The van der Waals surface area contributed by atoms with Crippen molar-refractivity contribution in [3.8, 4) is 0 Å². The first kappa shape index (κ1) is 17.9. The first-order valence-corrected chi connectivity index (χ1v) is 8.15. The maximum absolute atomic E-state index is 3.67. The third kappa shape index (κ3) is 8.10. The summed E-state index contributed by atoms with van der Waals surface area (Å²) in [7, 11) is 0. The third-order valence-corrected chi connectivity index (χ3v) is 3.91. The largest absolute Gasteiger partial charge is 0.313 e. The number of hydrogen-bond acceptors (Lipinski definition) is 2. The van der Waals surface area contributed by atoms with E-state index >= 15 is 0 Å². The molecule has 0 aromatic carbocycles. The molecule has 0 aromatic rings. The summed E-state index contributed by atoms with van der Waals surface area (Å²) in [6, 6.07) is 0.661. The summed E-state index contributed by atoms with van der Waals surface area (Å²) >= 11 is 0. The first-order chi connectivity index (χ1) is 8.69. The van der Waals surface area contributed by atoms with Crippen LogP contribution < -0.4 is 5.32 Å². The number of likely N-dealkylation sites (N-methyl/N-ethyl adjacent to an activating group) is 1. The van der Waals surface area contributed by atoms with Gasteiger partial charge >= 0.3 is 0 Å². The lowest BCUT2D eigenvalue weighted by atomic mass is 9.98. The quantitative estimate of drug-likeness (QED) is 0.569. The minimum absolute atomic E-state index is 0.661. The summed E-state index contributed by atoms with van der Waals surface area (Å²) < 4.78 is 0. The molecular weight excluding hydrogens is 220 g/mol. The Morgan fingerprint density at radius 1 is 0.944 bits per heavy atom. The number of nitrogens with one attached hydrogen (secondary N) is 1. The summed E-state index contributed by atoms with van der Waals surface area (Å²) in [4.78, 5) is 2.67. The van der Waals surface area contributed by atoms with Crippen molar-refractivity contribution < 1.29 is 0 Å². The molecule has 0 rings (SSSR count). The number of nitrogens with zero attached hydrogens (tertiary/aromatic N) is 1. The van der Waals surface area contributed by atoms with E-state index in [1.54, 1.807) is 0 Å². The molecule has 0 aliphatic carbocycles. The highest BCUT2D eigenvalue weighted by Gasteiger charge is 2.17. The Morgan fingerprint density at radius 3 is 1.89 bits per heavy atom. The van der Waals surface area contributed by atoms with Gasteiger partial charge in [0, 0.05) is 12.6 Å². The van der Waals surface area contributed by atoms with Crippen LogP contribution in [0.5, 0.6) is 0 Å². The highest BCUT2D eigenvalue weighted by atomic mass is 15.1. The Balaban J connectivity index is 4.27. The molecule has 0 spiro atoms. The van der Waals surface area contributed by atoms with Gasteiger partial charge in [-0.1, -0.05) is 53.9 Å². The fraction of sp³-hybridized carbons (Fsp3) is 1.00. The van der Waals surface area contributed by atoms with Crippen molar-refractivity contribution in [2.45, 2.75) is 72.8 Å². The van der Waals surface area contributed by atoms with Crippen LogP contribution in [-0.2, 0) is 0 Å². The van der Waals surface area contributed by atoms with Crippen molar-refractivity contribution >= 4 is 0 Å². The zero-order valence-electron chi connectivity index (χ0n) is 13.5. The molecule has 2 heteroatoms. The molecule has 0 amide bonds. The van der Waals surface area contributed by atoms with Crippen molar-refractivity contribution in [2.24, 2.45) is 5.92 Å². The topological polar surface area (TPSA) is 15.3 Å². The summed E-state index contributed by atoms with van der Waals surface area (Å²) in [5.41, 5.74) is 0. The van der Waals surface area contributed by atoms with Crippen molar-refractivity contribution in [3.63, 3.8) is 0 Å². The molecule has 0 saturated heterocycles. The van der Waals surface area contributed by atoms with E-state index in [2.05, 4.69) is 44.8 Å². The number of hydrogen-bond donors (Lipinski definition) is 1. The number of rotatable bonds is 12. The smallest absolute Gasteiger partial charge is 0.0220 e. The second-order valence-corrected chi connectivity index (χ2v) is 5.56. The maximum Gasteiger partial charge on any atom is 0.0220 e. The lowest BCUT2D eigenvalue weighted by molar-refractivity contribution is 0.207. The van der Waals surface area contributed by atoms with Gasteiger partial charge in [0.1, 0.15) is 0 Å². The summed E-state index contributed by atoms with van der Waals surface area (Å²) in [5.74, 6) is 0.774. The van der Waals surface area contributed by atoms with Gasteiger partial charge < -0.3 is 10.2 Å². The molecular formula is C16H36N2. The van der Waals surface area contributed by atoms with Crippen molar-refractivity contribution in [3.05, 3.63) is 0 Å². The second-order valence-electron chi connectivity index (χ2n) is 5.56. The SMILES string of the molecule is CCCCN(CCCC)CC(NCC)C(C)CC. The molecule has 0 bridgehead atoms. The molecule has 2 atom stereocenters. The van der Waals surface area contributed by atoms with Crippen LogP contribution in [-0.4, -0.2) is 37.1 Å². The Kier molecular flexibility index (Phi) is 11.9. The highest BCUT2D eigenvalue weighted by Crippen LogP contribution is 2.11. The van der Waals surface area contributed by atoms with E-state index in [9.17, 15) is 0 Å². The Hall–Kier alpha value is -0.0800. The molecule has 0 aliphatic rings. The van der Waals surface area contributed by atoms with Gasteiger partial charge in [0.2, 0.25) is 0 Å². The van der Waals surface area contributed by atoms with Crippen LogP contribution in [0.15, 0.2) is 0 Å². The zero-order chi connectivity index (χ0) is 13.8. The van der Waals surface area contributed by atoms with Crippen LogP contribution in [0.4, 0.5) is 0 Å². The Bertz CT molecular complexity index is 162. The van der Waals surface area contributed by atoms with E-state index in [4.69, 9.17) is 0 Å². The highest BCUT2D eigenvalue weighted by molar-refractivity contribution is 4.76. The molecule has 1 N–H and O–H groups in total. The monoisotopic (exact) mass is 256 g/mol. The van der Waals surface area contributed by atoms with Gasteiger partial charge in [-0.3, -0.25) is 0 Å². The molecule has 2 unspecified atom stereocenters. The van der Waals surface area contributed by atoms with E-state index in [-0.39, 0.29) is 0 Å². The van der Waals surface area contributed by atoms with Crippen LogP contribution in [0.3, 0.4) is 0 Å². The van der Waals surface area contributed by atoms with E-state index in [1.165, 1.54) is 51.7 Å². The van der Waals surface area contributed by atoms with Crippen LogP contribution in [0.1, 0.15) is 66.7 Å². The third-order valence-electron chi connectivity index (χ3n) is 3.91. The molecule has 2 nitrogen and oxygen atoms in total. The Morgan fingerprint density at radius 2 is 1.50 bits per heavy atom. The van der Waals surface area contributed by atoms with Crippen molar-refractivity contribution in [2.75, 3.05) is 26.2 Å².